The van der Waals surface area contributed by atoms with Crippen molar-refractivity contribution in [2.75, 3.05) is 17.6 Å². The monoisotopic (exact) mass is 250 g/mol. The number of nitrogens with zero attached hydrogens (tertiary/aromatic N) is 2. The van der Waals surface area contributed by atoms with Crippen molar-refractivity contribution in [2.45, 2.75) is 45.1 Å². The van der Waals surface area contributed by atoms with E-state index in [4.69, 9.17) is 5.73 Å². The molecular weight excluding hydrogens is 228 g/mol. The fourth-order valence-electron chi connectivity index (χ4n) is 2.26. The Kier molecular flexibility index (Phi) is 3.43. The summed E-state index contributed by atoms with van der Waals surface area (Å²) >= 11 is 0. The minimum Gasteiger partial charge on any atom is -0.388 e. The van der Waals surface area contributed by atoms with E-state index in [2.05, 4.69) is 29.4 Å². The van der Waals surface area contributed by atoms with Crippen molar-refractivity contribution in [1.82, 2.24) is 10.2 Å². The lowest BCUT2D eigenvalue weighted by Gasteiger charge is -2.40. The molecule has 1 aromatic heterocycles. The standard InChI is InChI=1S/C13H22N4O/c1-12(2)5-7-13(18,8-6-12)9-15-11-4-3-10(14)16-17-11/h3-4,18H,5-9H2,1-2H3,(H2,14,16)(H,15,17). The number of anilines is 2. The molecule has 1 aliphatic carbocycles. The van der Waals surface area contributed by atoms with Gasteiger partial charge in [-0.2, -0.15) is 0 Å². The first kappa shape index (κ1) is 13.1. The molecule has 1 aromatic rings. The van der Waals surface area contributed by atoms with Crippen molar-refractivity contribution in [2.24, 2.45) is 5.41 Å². The van der Waals surface area contributed by atoms with Crippen molar-refractivity contribution in [1.29, 1.82) is 0 Å². The van der Waals surface area contributed by atoms with Gasteiger partial charge in [-0.25, -0.2) is 0 Å². The second-order valence-corrected chi connectivity index (χ2v) is 6.09. The average Bonchev–Trinajstić information content (AvgIpc) is 2.33. The van der Waals surface area contributed by atoms with E-state index >= 15 is 0 Å². The van der Waals surface area contributed by atoms with E-state index in [1.54, 1.807) is 12.1 Å². The topological polar surface area (TPSA) is 84.1 Å². The van der Waals surface area contributed by atoms with Crippen LogP contribution in [0.2, 0.25) is 0 Å². The highest BCUT2D eigenvalue weighted by Gasteiger charge is 2.36. The largest absolute Gasteiger partial charge is 0.388 e. The third-order valence-electron chi connectivity index (χ3n) is 3.82. The molecule has 0 bridgehead atoms. The van der Waals surface area contributed by atoms with Crippen LogP contribution in [0, 0.1) is 5.41 Å². The highest BCUT2D eigenvalue weighted by Crippen LogP contribution is 2.40. The molecule has 0 saturated heterocycles. The smallest absolute Gasteiger partial charge is 0.148 e. The van der Waals surface area contributed by atoms with Crippen LogP contribution in [0.4, 0.5) is 11.6 Å². The molecule has 5 heteroatoms. The third-order valence-corrected chi connectivity index (χ3v) is 3.82. The molecule has 5 nitrogen and oxygen atoms in total. The Morgan fingerprint density at radius 2 is 1.89 bits per heavy atom. The molecule has 0 aromatic carbocycles. The lowest BCUT2D eigenvalue weighted by molar-refractivity contribution is -0.0146. The second kappa shape index (κ2) is 4.72. The van der Waals surface area contributed by atoms with Gasteiger partial charge in [-0.1, -0.05) is 13.8 Å². The van der Waals surface area contributed by atoms with Crippen molar-refractivity contribution in [3.63, 3.8) is 0 Å². The predicted octanol–water partition coefficient (Wildman–Crippen LogP) is 1.80. The van der Waals surface area contributed by atoms with E-state index in [-0.39, 0.29) is 0 Å². The van der Waals surface area contributed by atoms with E-state index in [9.17, 15) is 5.11 Å². The number of aliphatic hydroxyl groups is 1. The third kappa shape index (κ3) is 3.32. The van der Waals surface area contributed by atoms with Gasteiger partial charge in [0, 0.05) is 6.54 Å². The van der Waals surface area contributed by atoms with Crippen LogP contribution in [-0.2, 0) is 0 Å². The van der Waals surface area contributed by atoms with Gasteiger partial charge < -0.3 is 16.2 Å². The van der Waals surface area contributed by atoms with Gasteiger partial charge >= 0.3 is 0 Å². The molecule has 1 saturated carbocycles. The summed E-state index contributed by atoms with van der Waals surface area (Å²) in [6, 6.07) is 3.47. The van der Waals surface area contributed by atoms with Gasteiger partial charge in [0.2, 0.25) is 0 Å². The van der Waals surface area contributed by atoms with Gasteiger partial charge in [-0.15, -0.1) is 10.2 Å². The number of nitrogens with two attached hydrogens (primary N) is 1. The zero-order valence-corrected chi connectivity index (χ0v) is 11.1. The van der Waals surface area contributed by atoms with Crippen molar-refractivity contribution in [3.8, 4) is 0 Å². The Bertz CT molecular complexity index is 392. The molecule has 0 aliphatic heterocycles. The van der Waals surface area contributed by atoms with E-state index in [1.165, 1.54) is 0 Å². The molecule has 0 spiro atoms. The van der Waals surface area contributed by atoms with Crippen molar-refractivity contribution in [3.05, 3.63) is 12.1 Å². The first-order valence-corrected chi connectivity index (χ1v) is 6.44. The fourth-order valence-corrected chi connectivity index (χ4v) is 2.26. The molecule has 0 amide bonds. The van der Waals surface area contributed by atoms with Crippen LogP contribution in [0.3, 0.4) is 0 Å². The lowest BCUT2D eigenvalue weighted by Crippen LogP contribution is -2.42. The maximum absolute atomic E-state index is 10.5. The molecule has 0 unspecified atom stereocenters. The van der Waals surface area contributed by atoms with Crippen LogP contribution in [0.25, 0.3) is 0 Å². The number of nitrogens with one attached hydrogen (secondary N) is 1. The Hall–Kier alpha value is -1.36. The summed E-state index contributed by atoms with van der Waals surface area (Å²) in [5.41, 5.74) is 5.20. The van der Waals surface area contributed by atoms with Crippen LogP contribution < -0.4 is 11.1 Å². The molecule has 100 valence electrons. The number of hydrogen-bond acceptors (Lipinski definition) is 5. The lowest BCUT2D eigenvalue weighted by atomic mass is 9.71. The summed E-state index contributed by atoms with van der Waals surface area (Å²) in [6.07, 6.45) is 3.77. The molecule has 1 fully saturated rings. The van der Waals surface area contributed by atoms with Crippen molar-refractivity contribution < 1.29 is 5.11 Å². The van der Waals surface area contributed by atoms with Crippen LogP contribution in [0.1, 0.15) is 39.5 Å². The van der Waals surface area contributed by atoms with Gasteiger partial charge in [0.15, 0.2) is 0 Å². The molecular formula is C13H22N4O. The summed E-state index contributed by atoms with van der Waals surface area (Å²) < 4.78 is 0. The van der Waals surface area contributed by atoms with Crippen molar-refractivity contribution >= 4 is 11.6 Å². The Labute approximate surface area is 108 Å². The minimum atomic E-state index is -0.626. The summed E-state index contributed by atoms with van der Waals surface area (Å²) in [5, 5.41) is 21.3. The molecule has 4 N–H and O–H groups in total. The van der Waals surface area contributed by atoms with E-state index in [0.717, 1.165) is 25.7 Å². The minimum absolute atomic E-state index is 0.354. The van der Waals surface area contributed by atoms with E-state index in [0.29, 0.717) is 23.6 Å². The van der Waals surface area contributed by atoms with E-state index in [1.807, 2.05) is 0 Å². The van der Waals surface area contributed by atoms with Crippen LogP contribution in [-0.4, -0.2) is 27.4 Å². The molecule has 1 heterocycles. The molecule has 0 radical (unpaired) electrons. The number of nitrogen functional groups attached to an aromatic ring is 1. The van der Waals surface area contributed by atoms with Gasteiger partial charge in [-0.3, -0.25) is 0 Å². The molecule has 0 atom stereocenters. The van der Waals surface area contributed by atoms with E-state index < -0.39 is 5.60 Å². The van der Waals surface area contributed by atoms with Gasteiger partial charge in [0.25, 0.3) is 0 Å². The number of rotatable bonds is 3. The van der Waals surface area contributed by atoms with Crippen LogP contribution in [0.5, 0.6) is 0 Å². The summed E-state index contributed by atoms with van der Waals surface area (Å²) in [5.74, 6) is 1.06. The summed E-state index contributed by atoms with van der Waals surface area (Å²) in [6.45, 7) is 5.03. The van der Waals surface area contributed by atoms with Gasteiger partial charge in [0.05, 0.1) is 5.60 Å². The first-order chi connectivity index (χ1) is 8.39. The summed E-state index contributed by atoms with van der Waals surface area (Å²) in [4.78, 5) is 0. The zero-order chi connectivity index (χ0) is 13.2. The van der Waals surface area contributed by atoms with Crippen LogP contribution in [0.15, 0.2) is 12.1 Å². The number of hydrogen-bond donors (Lipinski definition) is 3. The molecule has 2 rings (SSSR count). The maximum Gasteiger partial charge on any atom is 0.148 e. The highest BCUT2D eigenvalue weighted by atomic mass is 16.3. The average molecular weight is 250 g/mol. The zero-order valence-electron chi connectivity index (χ0n) is 11.1. The quantitative estimate of drug-likeness (QED) is 0.762. The Morgan fingerprint density at radius 1 is 1.22 bits per heavy atom. The Morgan fingerprint density at radius 3 is 2.44 bits per heavy atom. The SMILES string of the molecule is CC1(C)CCC(O)(CNc2ccc(N)nn2)CC1. The maximum atomic E-state index is 10.5. The van der Waals surface area contributed by atoms with Gasteiger partial charge in [-0.05, 0) is 43.2 Å². The highest BCUT2D eigenvalue weighted by molar-refractivity contribution is 5.38. The second-order valence-electron chi connectivity index (χ2n) is 6.09. The van der Waals surface area contributed by atoms with Crippen LogP contribution >= 0.6 is 0 Å². The first-order valence-electron chi connectivity index (χ1n) is 6.44. The summed E-state index contributed by atoms with van der Waals surface area (Å²) in [7, 11) is 0. The molecule has 18 heavy (non-hydrogen) atoms. The normalized spacial score (nSPS) is 21.5. The number of aromatic nitrogens is 2. The fraction of sp³-hybridized carbons (Fsp3) is 0.692. The predicted molar refractivity (Wildman–Crippen MR) is 72.1 cm³/mol. The van der Waals surface area contributed by atoms with Gasteiger partial charge in [0.1, 0.15) is 11.6 Å². The Balaban J connectivity index is 1.88. The molecule has 1 aliphatic rings.